The van der Waals surface area contributed by atoms with Gasteiger partial charge in [0.05, 0.1) is 13.7 Å². The maximum atomic E-state index is 6.09. The third-order valence-electron chi connectivity index (χ3n) is 4.78. The third-order valence-corrected chi connectivity index (χ3v) is 4.78. The predicted octanol–water partition coefficient (Wildman–Crippen LogP) is 4.33. The number of hydrogen-bond donors (Lipinski definition) is 2. The molecule has 1 aliphatic rings. The number of aliphatic imine (C=N–C) groups is 1. The van der Waals surface area contributed by atoms with Crippen LogP contribution in [0.2, 0.25) is 0 Å². The van der Waals surface area contributed by atoms with Crippen molar-refractivity contribution in [3.05, 3.63) is 59.7 Å². The highest BCUT2D eigenvalue weighted by Gasteiger charge is 2.31. The van der Waals surface area contributed by atoms with E-state index in [-0.39, 0.29) is 29.4 Å². The maximum Gasteiger partial charge on any atom is 0.193 e. The molecule has 3 rings (SSSR count). The summed E-state index contributed by atoms with van der Waals surface area (Å²) in [4.78, 5) is 4.61. The molecule has 2 aromatic carbocycles. The van der Waals surface area contributed by atoms with E-state index in [0.717, 1.165) is 24.3 Å². The Labute approximate surface area is 166 Å². The Bertz CT molecular complexity index is 747. The van der Waals surface area contributed by atoms with Crippen molar-refractivity contribution in [1.29, 1.82) is 0 Å². The van der Waals surface area contributed by atoms with Gasteiger partial charge in [-0.15, -0.1) is 24.0 Å². The third kappa shape index (κ3) is 4.66. The second kappa shape index (κ2) is 8.56. The van der Waals surface area contributed by atoms with E-state index in [1.807, 2.05) is 24.3 Å². The fraction of sp³-hybridized carbons (Fsp3) is 0.350. The number of methoxy groups -OCH3 is 1. The van der Waals surface area contributed by atoms with E-state index in [4.69, 9.17) is 10.5 Å². The van der Waals surface area contributed by atoms with Crippen LogP contribution in [0.1, 0.15) is 30.9 Å². The molecule has 0 bridgehead atoms. The van der Waals surface area contributed by atoms with E-state index in [1.165, 1.54) is 17.5 Å². The van der Waals surface area contributed by atoms with Crippen molar-refractivity contribution < 1.29 is 4.74 Å². The second-order valence-corrected chi connectivity index (χ2v) is 6.63. The zero-order valence-corrected chi connectivity index (χ0v) is 17.1. The lowest BCUT2D eigenvalue weighted by molar-refractivity contribution is 0.405. The number of benzene rings is 2. The Balaban J connectivity index is 0.00000225. The van der Waals surface area contributed by atoms with Gasteiger partial charge in [0.1, 0.15) is 5.75 Å². The highest BCUT2D eigenvalue weighted by molar-refractivity contribution is 14.0. The summed E-state index contributed by atoms with van der Waals surface area (Å²) in [5, 5.41) is 3.15. The van der Waals surface area contributed by atoms with E-state index in [2.05, 4.69) is 41.5 Å². The fourth-order valence-corrected chi connectivity index (χ4v) is 3.44. The van der Waals surface area contributed by atoms with Crippen molar-refractivity contribution >= 4 is 35.6 Å². The van der Waals surface area contributed by atoms with Crippen molar-refractivity contribution in [2.24, 2.45) is 10.7 Å². The monoisotopic (exact) mass is 451 g/mol. The molecule has 5 heteroatoms. The van der Waals surface area contributed by atoms with Crippen LogP contribution in [0.3, 0.4) is 0 Å². The van der Waals surface area contributed by atoms with Crippen LogP contribution in [0.25, 0.3) is 0 Å². The summed E-state index contributed by atoms with van der Waals surface area (Å²) in [6.07, 6.45) is 3.50. The van der Waals surface area contributed by atoms with Crippen LogP contribution in [-0.2, 0) is 11.8 Å². The molecule has 0 fully saturated rings. The van der Waals surface area contributed by atoms with Crippen LogP contribution in [0.15, 0.2) is 53.5 Å². The first-order valence-electron chi connectivity index (χ1n) is 8.40. The molecular formula is C20H26IN3O. The fourth-order valence-electron chi connectivity index (χ4n) is 3.44. The number of halogens is 1. The minimum absolute atomic E-state index is 0. The highest BCUT2D eigenvalue weighted by atomic mass is 127. The van der Waals surface area contributed by atoms with Crippen molar-refractivity contribution in [3.63, 3.8) is 0 Å². The van der Waals surface area contributed by atoms with Crippen LogP contribution < -0.4 is 15.8 Å². The van der Waals surface area contributed by atoms with Gasteiger partial charge in [-0.05, 0) is 42.5 Å². The van der Waals surface area contributed by atoms with Gasteiger partial charge in [0.25, 0.3) is 0 Å². The number of nitrogens with one attached hydrogen (secondary N) is 1. The van der Waals surface area contributed by atoms with Gasteiger partial charge >= 0.3 is 0 Å². The Morgan fingerprint density at radius 1 is 1.24 bits per heavy atom. The van der Waals surface area contributed by atoms with Crippen molar-refractivity contribution in [2.45, 2.75) is 31.6 Å². The summed E-state index contributed by atoms with van der Waals surface area (Å²) in [6.45, 7) is 2.97. The minimum atomic E-state index is 0. The number of anilines is 1. The summed E-state index contributed by atoms with van der Waals surface area (Å²) in [7, 11) is 1.65. The lowest BCUT2D eigenvalue weighted by atomic mass is 9.71. The standard InChI is InChI=1S/C20H25N3O.HI/c1-20(12-6-8-15-7-3-4-11-18(15)20)14-22-19(21)23-16-9-5-10-17(13-16)24-2;/h3-5,7,9-11,13H,6,8,12,14H2,1-2H3,(H3,21,22,23);1H. The molecule has 134 valence electrons. The number of guanidine groups is 1. The van der Waals surface area contributed by atoms with E-state index >= 15 is 0 Å². The zero-order valence-electron chi connectivity index (χ0n) is 14.8. The van der Waals surface area contributed by atoms with Gasteiger partial charge in [-0.25, -0.2) is 0 Å². The molecule has 0 heterocycles. The van der Waals surface area contributed by atoms with Crippen molar-refractivity contribution in [1.82, 2.24) is 0 Å². The summed E-state index contributed by atoms with van der Waals surface area (Å²) >= 11 is 0. The average Bonchev–Trinajstić information content (AvgIpc) is 2.61. The number of fused-ring (bicyclic) bond motifs is 1. The molecule has 1 aliphatic carbocycles. The van der Waals surface area contributed by atoms with Crippen molar-refractivity contribution in [3.8, 4) is 5.75 Å². The largest absolute Gasteiger partial charge is 0.497 e. The molecule has 4 nitrogen and oxygen atoms in total. The van der Waals surface area contributed by atoms with E-state index in [0.29, 0.717) is 12.5 Å². The summed E-state index contributed by atoms with van der Waals surface area (Å²) in [6, 6.07) is 16.4. The molecule has 0 aromatic heterocycles. The highest BCUT2D eigenvalue weighted by Crippen LogP contribution is 2.37. The van der Waals surface area contributed by atoms with Crippen LogP contribution in [0.5, 0.6) is 5.75 Å². The van der Waals surface area contributed by atoms with Crippen LogP contribution in [0, 0.1) is 0 Å². The van der Waals surface area contributed by atoms with Crippen LogP contribution in [0.4, 0.5) is 5.69 Å². The molecular weight excluding hydrogens is 425 g/mol. The molecule has 3 N–H and O–H groups in total. The Morgan fingerprint density at radius 3 is 2.84 bits per heavy atom. The molecule has 1 atom stereocenters. The number of ether oxygens (including phenoxy) is 1. The minimum Gasteiger partial charge on any atom is -0.497 e. The van der Waals surface area contributed by atoms with E-state index < -0.39 is 0 Å². The summed E-state index contributed by atoms with van der Waals surface area (Å²) in [5.74, 6) is 1.23. The number of hydrogen-bond acceptors (Lipinski definition) is 2. The summed E-state index contributed by atoms with van der Waals surface area (Å²) < 4.78 is 5.23. The van der Waals surface area contributed by atoms with Gasteiger partial charge < -0.3 is 15.8 Å². The smallest absolute Gasteiger partial charge is 0.193 e. The Morgan fingerprint density at radius 2 is 2.04 bits per heavy atom. The molecule has 25 heavy (non-hydrogen) atoms. The van der Waals surface area contributed by atoms with Gasteiger partial charge in [-0.3, -0.25) is 4.99 Å². The second-order valence-electron chi connectivity index (χ2n) is 6.63. The molecule has 2 aromatic rings. The quantitative estimate of drug-likeness (QED) is 0.413. The van der Waals surface area contributed by atoms with Gasteiger partial charge in [-0.2, -0.15) is 0 Å². The summed E-state index contributed by atoms with van der Waals surface area (Å²) in [5.41, 5.74) is 9.88. The number of aryl methyl sites for hydroxylation is 1. The van der Waals surface area contributed by atoms with Crippen LogP contribution in [-0.4, -0.2) is 19.6 Å². The first-order valence-corrected chi connectivity index (χ1v) is 8.40. The molecule has 0 spiro atoms. The molecule has 0 aliphatic heterocycles. The van der Waals surface area contributed by atoms with Crippen LogP contribution >= 0.6 is 24.0 Å². The Hall–Kier alpha value is -1.76. The first kappa shape index (κ1) is 19.6. The molecule has 0 saturated carbocycles. The predicted molar refractivity (Wildman–Crippen MR) is 115 cm³/mol. The zero-order chi connectivity index (χ0) is 17.0. The molecule has 0 amide bonds. The van der Waals surface area contributed by atoms with Gasteiger partial charge in [0.15, 0.2) is 5.96 Å². The number of rotatable bonds is 4. The van der Waals surface area contributed by atoms with Crippen molar-refractivity contribution in [2.75, 3.05) is 19.0 Å². The van der Waals surface area contributed by atoms with E-state index in [9.17, 15) is 0 Å². The SMILES string of the molecule is COc1cccc(NC(N)=NCC2(C)CCCc3ccccc32)c1.I. The first-order chi connectivity index (χ1) is 11.6. The van der Waals surface area contributed by atoms with Gasteiger partial charge in [-0.1, -0.05) is 37.3 Å². The number of nitrogens with zero attached hydrogens (tertiary/aromatic N) is 1. The molecule has 0 saturated heterocycles. The normalized spacial score (nSPS) is 19.5. The molecule has 1 unspecified atom stereocenters. The average molecular weight is 451 g/mol. The Kier molecular flexibility index (Phi) is 6.70. The topological polar surface area (TPSA) is 59.6 Å². The van der Waals surface area contributed by atoms with Gasteiger partial charge in [0, 0.05) is 17.2 Å². The maximum absolute atomic E-state index is 6.09. The lowest BCUT2D eigenvalue weighted by Gasteiger charge is -2.34. The lowest BCUT2D eigenvalue weighted by Crippen LogP contribution is -2.33. The van der Waals surface area contributed by atoms with E-state index in [1.54, 1.807) is 7.11 Å². The number of nitrogens with two attached hydrogens (primary N) is 1. The molecule has 0 radical (unpaired) electrons. The van der Waals surface area contributed by atoms with Gasteiger partial charge in [0.2, 0.25) is 0 Å².